The molecule has 4 nitrogen and oxygen atoms in total. The molecular weight excluding hydrogens is 244 g/mol. The van der Waals surface area contributed by atoms with Gasteiger partial charge >= 0.3 is 0 Å². The zero-order chi connectivity index (χ0) is 13.6. The van der Waals surface area contributed by atoms with Crippen LogP contribution in [0.2, 0.25) is 0 Å². The van der Waals surface area contributed by atoms with Crippen LogP contribution in [0.3, 0.4) is 0 Å². The van der Waals surface area contributed by atoms with Crippen LogP contribution in [-0.2, 0) is 28.9 Å². The van der Waals surface area contributed by atoms with E-state index in [0.717, 1.165) is 29.5 Å². The highest BCUT2D eigenvalue weighted by atomic mass is 16.7. The van der Waals surface area contributed by atoms with E-state index in [1.54, 1.807) is 0 Å². The van der Waals surface area contributed by atoms with E-state index in [1.807, 2.05) is 0 Å². The summed E-state index contributed by atoms with van der Waals surface area (Å²) in [6.45, 7) is 4.54. The molecule has 0 fully saturated rings. The van der Waals surface area contributed by atoms with Crippen LogP contribution in [0, 0.1) is 0 Å². The normalized spacial score (nSPS) is 28.5. The Bertz CT molecular complexity index is 497. The molecule has 19 heavy (non-hydrogen) atoms. The van der Waals surface area contributed by atoms with Crippen LogP contribution in [0.15, 0.2) is 6.07 Å². The average Bonchev–Trinajstić information content (AvgIpc) is 2.84. The summed E-state index contributed by atoms with van der Waals surface area (Å²) in [6.07, 6.45) is 0.0138. The Kier molecular flexibility index (Phi) is 3.35. The number of aryl methyl sites for hydroxylation is 1. The summed E-state index contributed by atoms with van der Waals surface area (Å²) in [4.78, 5) is 0. The zero-order valence-electron chi connectivity index (χ0n) is 11.3. The first-order valence-corrected chi connectivity index (χ1v) is 6.94. The Morgan fingerprint density at radius 2 is 2.05 bits per heavy atom. The smallest absolute Gasteiger partial charge is 0.185 e. The third-order valence-electron chi connectivity index (χ3n) is 4.18. The number of rotatable bonds is 3. The number of hydrogen-bond acceptors (Lipinski definition) is 4. The van der Waals surface area contributed by atoms with Crippen molar-refractivity contribution in [2.24, 2.45) is 0 Å². The molecule has 0 amide bonds. The Morgan fingerprint density at radius 1 is 1.26 bits per heavy atom. The molecule has 0 bridgehead atoms. The fourth-order valence-electron chi connectivity index (χ4n) is 3.27. The quantitative estimate of drug-likeness (QED) is 0.873. The van der Waals surface area contributed by atoms with E-state index in [2.05, 4.69) is 19.9 Å². The summed E-state index contributed by atoms with van der Waals surface area (Å²) in [5, 5.41) is 19.8. The first kappa shape index (κ1) is 13.1. The largest absolute Gasteiger partial charge is 0.394 e. The van der Waals surface area contributed by atoms with Gasteiger partial charge in [0.25, 0.3) is 0 Å². The topological polar surface area (TPSA) is 58.9 Å². The van der Waals surface area contributed by atoms with Gasteiger partial charge in [-0.25, -0.2) is 0 Å². The summed E-state index contributed by atoms with van der Waals surface area (Å²) in [5.41, 5.74) is 5.49. The van der Waals surface area contributed by atoms with Crippen molar-refractivity contribution in [1.29, 1.82) is 0 Å². The maximum Gasteiger partial charge on any atom is 0.185 e. The van der Waals surface area contributed by atoms with Gasteiger partial charge in [0.1, 0.15) is 12.2 Å². The van der Waals surface area contributed by atoms with Crippen LogP contribution in [0.1, 0.15) is 54.1 Å². The number of aliphatic hydroxyl groups is 2. The predicted octanol–water partition coefficient (Wildman–Crippen LogP) is 1.76. The Hall–Kier alpha value is -0.940. The summed E-state index contributed by atoms with van der Waals surface area (Å²) >= 11 is 0. The summed E-state index contributed by atoms with van der Waals surface area (Å²) in [6, 6.07) is 2.17. The number of aliphatic hydroxyl groups excluding tert-OH is 2. The van der Waals surface area contributed by atoms with E-state index in [-0.39, 0.29) is 6.61 Å². The Labute approximate surface area is 113 Å². The third-order valence-corrected chi connectivity index (χ3v) is 4.18. The maximum absolute atomic E-state index is 10.5. The number of ether oxygens (including phenoxy) is 2. The molecule has 3 rings (SSSR count). The monoisotopic (exact) mass is 264 g/mol. The second-order valence-electron chi connectivity index (χ2n) is 5.15. The highest BCUT2D eigenvalue weighted by molar-refractivity contribution is 5.50. The van der Waals surface area contributed by atoms with Gasteiger partial charge in [-0.1, -0.05) is 19.9 Å². The molecule has 0 spiro atoms. The van der Waals surface area contributed by atoms with Gasteiger partial charge in [0.05, 0.1) is 13.2 Å². The lowest BCUT2D eigenvalue weighted by Crippen LogP contribution is -2.34. The van der Waals surface area contributed by atoms with Gasteiger partial charge in [0.2, 0.25) is 0 Å². The SMILES string of the molecule is CCc1cc2c3c(c1CC)[C@@H](O)[C@@H](CO)O[C@@H]3OC2. The molecule has 0 saturated heterocycles. The van der Waals surface area contributed by atoms with E-state index >= 15 is 0 Å². The molecule has 4 heteroatoms. The summed E-state index contributed by atoms with van der Waals surface area (Å²) in [7, 11) is 0. The van der Waals surface area contributed by atoms with E-state index in [4.69, 9.17) is 9.47 Å². The fraction of sp³-hybridized carbons (Fsp3) is 0.600. The van der Waals surface area contributed by atoms with Crippen molar-refractivity contribution in [2.75, 3.05) is 6.61 Å². The lowest BCUT2D eigenvalue weighted by molar-refractivity contribution is -0.211. The number of hydrogen-bond donors (Lipinski definition) is 2. The molecule has 2 aliphatic heterocycles. The van der Waals surface area contributed by atoms with Gasteiger partial charge in [0, 0.05) is 5.56 Å². The van der Waals surface area contributed by atoms with Crippen molar-refractivity contribution in [3.8, 4) is 0 Å². The number of benzene rings is 1. The molecule has 1 aromatic rings. The fourth-order valence-corrected chi connectivity index (χ4v) is 3.27. The van der Waals surface area contributed by atoms with Crippen LogP contribution in [-0.4, -0.2) is 22.9 Å². The molecule has 0 aliphatic carbocycles. The minimum atomic E-state index is -0.766. The third kappa shape index (κ3) is 1.82. The standard InChI is InChI=1S/C15H20O4/c1-3-8-5-9-7-18-15-12(9)13(10(8)4-2)14(17)11(6-16)19-15/h5,11,14-17H,3-4,6-7H2,1-2H3/t11-,14+,15+/m1/s1. The zero-order valence-corrected chi connectivity index (χ0v) is 11.3. The van der Waals surface area contributed by atoms with Gasteiger partial charge in [-0.2, -0.15) is 0 Å². The minimum absolute atomic E-state index is 0.199. The molecule has 2 heterocycles. The summed E-state index contributed by atoms with van der Waals surface area (Å²) < 4.78 is 11.3. The molecule has 104 valence electrons. The second kappa shape index (κ2) is 4.87. The molecule has 3 atom stereocenters. The Balaban J connectivity index is 2.22. The van der Waals surface area contributed by atoms with E-state index in [0.29, 0.717) is 6.61 Å². The van der Waals surface area contributed by atoms with Gasteiger partial charge in [-0.05, 0) is 35.1 Å². The van der Waals surface area contributed by atoms with Crippen molar-refractivity contribution in [3.05, 3.63) is 33.9 Å². The van der Waals surface area contributed by atoms with Gasteiger partial charge < -0.3 is 19.7 Å². The first-order chi connectivity index (χ1) is 9.21. The molecule has 2 N–H and O–H groups in total. The van der Waals surface area contributed by atoms with Crippen LogP contribution in [0.5, 0.6) is 0 Å². The van der Waals surface area contributed by atoms with Crippen LogP contribution >= 0.6 is 0 Å². The second-order valence-corrected chi connectivity index (χ2v) is 5.15. The van der Waals surface area contributed by atoms with Gasteiger partial charge in [0.15, 0.2) is 6.29 Å². The molecule has 0 radical (unpaired) electrons. The molecule has 0 aromatic heterocycles. The van der Waals surface area contributed by atoms with Crippen LogP contribution in [0.4, 0.5) is 0 Å². The predicted molar refractivity (Wildman–Crippen MR) is 69.6 cm³/mol. The molecule has 0 unspecified atom stereocenters. The lowest BCUT2D eigenvalue weighted by Gasteiger charge is -2.34. The highest BCUT2D eigenvalue weighted by Crippen LogP contribution is 2.46. The van der Waals surface area contributed by atoms with Crippen molar-refractivity contribution in [1.82, 2.24) is 0 Å². The van der Waals surface area contributed by atoms with Crippen molar-refractivity contribution in [3.63, 3.8) is 0 Å². The van der Waals surface area contributed by atoms with Crippen LogP contribution < -0.4 is 0 Å². The Morgan fingerprint density at radius 3 is 2.68 bits per heavy atom. The van der Waals surface area contributed by atoms with Gasteiger partial charge in [-0.3, -0.25) is 0 Å². The average molecular weight is 264 g/mol. The highest BCUT2D eigenvalue weighted by Gasteiger charge is 2.41. The molecule has 0 saturated carbocycles. The van der Waals surface area contributed by atoms with E-state index in [1.165, 1.54) is 11.1 Å². The van der Waals surface area contributed by atoms with Gasteiger partial charge in [-0.15, -0.1) is 0 Å². The summed E-state index contributed by atoms with van der Waals surface area (Å²) in [5.74, 6) is 0. The maximum atomic E-state index is 10.5. The molecule has 2 aliphatic rings. The van der Waals surface area contributed by atoms with Crippen molar-refractivity contribution >= 4 is 0 Å². The van der Waals surface area contributed by atoms with E-state index < -0.39 is 18.5 Å². The molecular formula is C15H20O4. The lowest BCUT2D eigenvalue weighted by atomic mass is 9.84. The van der Waals surface area contributed by atoms with Crippen molar-refractivity contribution in [2.45, 2.75) is 51.8 Å². The minimum Gasteiger partial charge on any atom is -0.394 e. The molecule has 1 aromatic carbocycles. The van der Waals surface area contributed by atoms with Crippen LogP contribution in [0.25, 0.3) is 0 Å². The first-order valence-electron chi connectivity index (χ1n) is 6.94. The van der Waals surface area contributed by atoms with Crippen molar-refractivity contribution < 1.29 is 19.7 Å². The van der Waals surface area contributed by atoms with E-state index in [9.17, 15) is 10.2 Å².